The van der Waals surface area contributed by atoms with Gasteiger partial charge in [-0.2, -0.15) is 0 Å². The van der Waals surface area contributed by atoms with E-state index >= 15 is 0 Å². The number of nitrogens with one attached hydrogen (secondary N) is 1. The molecule has 1 N–H and O–H groups in total. The summed E-state index contributed by atoms with van der Waals surface area (Å²) in [6.07, 6.45) is 2.13. The molecule has 174 valence electrons. The Bertz CT molecular complexity index is 1070. The van der Waals surface area contributed by atoms with E-state index in [2.05, 4.69) is 20.8 Å². The minimum absolute atomic E-state index is 0.107. The van der Waals surface area contributed by atoms with Crippen LogP contribution in [0.5, 0.6) is 17.2 Å². The summed E-state index contributed by atoms with van der Waals surface area (Å²) in [6, 6.07) is 12.3. The van der Waals surface area contributed by atoms with Crippen molar-refractivity contribution in [3.8, 4) is 17.2 Å². The van der Waals surface area contributed by atoms with Crippen LogP contribution in [0.15, 0.2) is 47.6 Å². The number of ether oxygens (including phenoxy) is 3. The summed E-state index contributed by atoms with van der Waals surface area (Å²) in [4.78, 5) is 12.6. The Morgan fingerprint density at radius 3 is 2.85 bits per heavy atom. The summed E-state index contributed by atoms with van der Waals surface area (Å²) in [7, 11) is 0. The molecular formula is C22H24ClN5O4S. The number of thioether (sulfide) groups is 1. The summed E-state index contributed by atoms with van der Waals surface area (Å²) < 4.78 is 18.7. The van der Waals surface area contributed by atoms with Gasteiger partial charge in [0.15, 0.2) is 5.75 Å². The monoisotopic (exact) mass is 489 g/mol. The molecular weight excluding hydrogens is 466 g/mol. The second-order valence-corrected chi connectivity index (χ2v) is 8.64. The van der Waals surface area contributed by atoms with Crippen LogP contribution in [-0.2, 0) is 16.1 Å². The van der Waals surface area contributed by atoms with Gasteiger partial charge in [-0.3, -0.25) is 4.79 Å². The number of halogens is 1. The lowest BCUT2D eigenvalue weighted by Crippen LogP contribution is -2.18. The number of carbonyl (C=O) groups excluding carboxylic acids is 1. The van der Waals surface area contributed by atoms with Gasteiger partial charge in [-0.25, -0.2) is 4.68 Å². The molecule has 0 radical (unpaired) electrons. The number of hydrogen-bond donors (Lipinski definition) is 1. The Balaban J connectivity index is 1.37. The predicted octanol–water partition coefficient (Wildman–Crippen LogP) is 4.43. The molecule has 1 aromatic heterocycles. The zero-order chi connectivity index (χ0) is 23.0. The van der Waals surface area contributed by atoms with Crippen LogP contribution in [0.25, 0.3) is 0 Å². The zero-order valence-corrected chi connectivity index (χ0v) is 19.6. The Labute approximate surface area is 200 Å². The van der Waals surface area contributed by atoms with Crippen LogP contribution in [0.1, 0.15) is 19.8 Å². The number of carbonyl (C=O) groups is 1. The van der Waals surface area contributed by atoms with Crippen molar-refractivity contribution in [3.63, 3.8) is 0 Å². The highest BCUT2D eigenvalue weighted by Crippen LogP contribution is 2.33. The largest absolute Gasteiger partial charge is 0.494 e. The number of anilines is 1. The highest BCUT2D eigenvalue weighted by Gasteiger charge is 2.19. The van der Waals surface area contributed by atoms with Gasteiger partial charge < -0.3 is 19.5 Å². The molecule has 1 aliphatic rings. The van der Waals surface area contributed by atoms with Crippen molar-refractivity contribution in [2.75, 3.05) is 24.3 Å². The number of aromatic nitrogens is 4. The molecule has 1 fully saturated rings. The first kappa shape index (κ1) is 23.3. The molecule has 0 bridgehead atoms. The van der Waals surface area contributed by atoms with Crippen LogP contribution < -0.4 is 14.8 Å². The molecule has 9 nitrogen and oxygen atoms in total. The molecule has 33 heavy (non-hydrogen) atoms. The first-order chi connectivity index (χ1) is 16.1. The lowest BCUT2D eigenvalue weighted by molar-refractivity contribution is -0.113. The number of hydrogen-bond acceptors (Lipinski definition) is 8. The highest BCUT2D eigenvalue weighted by atomic mass is 35.5. The van der Waals surface area contributed by atoms with Gasteiger partial charge >= 0.3 is 0 Å². The maximum absolute atomic E-state index is 12.6. The van der Waals surface area contributed by atoms with Gasteiger partial charge in [0.25, 0.3) is 0 Å². The van der Waals surface area contributed by atoms with Crippen LogP contribution in [0.3, 0.4) is 0 Å². The fourth-order valence-electron chi connectivity index (χ4n) is 3.30. The molecule has 2 heterocycles. The third kappa shape index (κ3) is 6.59. The molecule has 1 atom stereocenters. The molecule has 11 heteroatoms. The van der Waals surface area contributed by atoms with Gasteiger partial charge in [0.2, 0.25) is 11.1 Å². The topological polar surface area (TPSA) is 100 Å². The zero-order valence-electron chi connectivity index (χ0n) is 18.1. The minimum atomic E-state index is -0.231. The molecule has 0 saturated carbocycles. The second-order valence-electron chi connectivity index (χ2n) is 7.26. The number of tetrazole rings is 1. The normalized spacial score (nSPS) is 15.4. The van der Waals surface area contributed by atoms with Crippen molar-refractivity contribution >= 4 is 35.0 Å². The molecule has 2 aromatic carbocycles. The van der Waals surface area contributed by atoms with E-state index in [4.69, 9.17) is 25.8 Å². The van der Waals surface area contributed by atoms with Crippen molar-refractivity contribution in [2.45, 2.75) is 37.6 Å². The van der Waals surface area contributed by atoms with E-state index in [1.165, 1.54) is 11.8 Å². The molecule has 1 aliphatic heterocycles. The smallest absolute Gasteiger partial charge is 0.234 e. The average Bonchev–Trinajstić information content (AvgIpc) is 3.48. The van der Waals surface area contributed by atoms with E-state index < -0.39 is 0 Å². The Kier molecular flexibility index (Phi) is 8.03. The highest BCUT2D eigenvalue weighted by molar-refractivity contribution is 7.99. The van der Waals surface area contributed by atoms with Gasteiger partial charge in [-0.1, -0.05) is 23.4 Å². The predicted molar refractivity (Wildman–Crippen MR) is 125 cm³/mol. The number of amides is 1. The average molecular weight is 490 g/mol. The molecule has 3 aromatic rings. The van der Waals surface area contributed by atoms with Crippen molar-refractivity contribution in [1.82, 2.24) is 20.2 Å². The van der Waals surface area contributed by atoms with Crippen molar-refractivity contribution in [1.29, 1.82) is 0 Å². The fourth-order valence-corrected chi connectivity index (χ4v) is 4.16. The third-order valence-corrected chi connectivity index (χ3v) is 6.00. The van der Waals surface area contributed by atoms with E-state index in [0.717, 1.165) is 25.2 Å². The van der Waals surface area contributed by atoms with Crippen molar-refractivity contribution < 1.29 is 19.0 Å². The quantitative estimate of drug-likeness (QED) is 0.417. The first-order valence-corrected chi connectivity index (χ1v) is 12.0. The van der Waals surface area contributed by atoms with Gasteiger partial charge in [-0.15, -0.1) is 5.10 Å². The van der Waals surface area contributed by atoms with Gasteiger partial charge in [0, 0.05) is 11.6 Å². The Morgan fingerprint density at radius 1 is 1.27 bits per heavy atom. The molecule has 1 saturated heterocycles. The van der Waals surface area contributed by atoms with E-state index in [-0.39, 0.29) is 17.8 Å². The van der Waals surface area contributed by atoms with Crippen LogP contribution >= 0.6 is 23.4 Å². The fraction of sp³-hybridized carbons (Fsp3) is 0.364. The Hall–Kier alpha value is -2.82. The van der Waals surface area contributed by atoms with Crippen molar-refractivity contribution in [2.24, 2.45) is 0 Å². The van der Waals surface area contributed by atoms with E-state index in [0.29, 0.717) is 40.5 Å². The summed E-state index contributed by atoms with van der Waals surface area (Å²) in [5, 5.41) is 15.7. The molecule has 1 amide bonds. The minimum Gasteiger partial charge on any atom is -0.494 e. The number of benzene rings is 2. The summed E-state index contributed by atoms with van der Waals surface area (Å²) >= 11 is 7.40. The van der Waals surface area contributed by atoms with Crippen LogP contribution in [0.2, 0.25) is 5.02 Å². The van der Waals surface area contributed by atoms with Gasteiger partial charge in [0.1, 0.15) is 11.5 Å². The lowest BCUT2D eigenvalue weighted by atomic mass is 10.2. The Morgan fingerprint density at radius 2 is 2.09 bits per heavy atom. The summed E-state index contributed by atoms with van der Waals surface area (Å²) in [5.74, 6) is 1.74. The molecule has 4 rings (SSSR count). The molecule has 0 unspecified atom stereocenters. The summed E-state index contributed by atoms with van der Waals surface area (Å²) in [6.45, 7) is 3.85. The third-order valence-electron chi connectivity index (χ3n) is 4.81. The van der Waals surface area contributed by atoms with Gasteiger partial charge in [0.05, 0.1) is 30.7 Å². The maximum atomic E-state index is 12.6. The van der Waals surface area contributed by atoms with Crippen molar-refractivity contribution in [3.05, 3.63) is 47.5 Å². The number of rotatable bonds is 10. The SMILES string of the molecule is CCOc1ccc(Oc2ccc(Cl)cc2NC(=O)CSc2nnnn2C[C@H]2CCCO2)cc1. The number of nitrogens with zero attached hydrogens (tertiary/aromatic N) is 4. The first-order valence-electron chi connectivity index (χ1n) is 10.6. The van der Waals surface area contributed by atoms with E-state index in [9.17, 15) is 4.79 Å². The van der Waals surface area contributed by atoms with Crippen LogP contribution in [-0.4, -0.2) is 51.2 Å². The van der Waals surface area contributed by atoms with Crippen LogP contribution in [0, 0.1) is 0 Å². The van der Waals surface area contributed by atoms with E-state index in [1.54, 1.807) is 35.0 Å². The molecule has 0 aliphatic carbocycles. The van der Waals surface area contributed by atoms with Crippen LogP contribution in [0.4, 0.5) is 5.69 Å². The van der Waals surface area contributed by atoms with Gasteiger partial charge in [-0.05, 0) is 72.7 Å². The molecule has 0 spiro atoms. The maximum Gasteiger partial charge on any atom is 0.234 e. The summed E-state index contributed by atoms with van der Waals surface area (Å²) in [5.41, 5.74) is 0.473. The second kappa shape index (κ2) is 11.4. The van der Waals surface area contributed by atoms with E-state index in [1.807, 2.05) is 19.1 Å². The standard InChI is InChI=1S/C22H24ClN5O4S/c1-2-30-16-6-8-17(9-7-16)32-20-10-5-15(23)12-19(20)24-21(29)14-33-22-25-26-27-28(22)13-18-4-3-11-31-18/h5-10,12,18H,2-4,11,13-14H2,1H3,(H,24,29)/t18-/m1/s1. The lowest BCUT2D eigenvalue weighted by Gasteiger charge is -2.13.